The standard InChI is InChI=1S/C55H42BF2N3/c1-37-34-53-55-54(35-37)61(50-30-16-11-25-44(50)42-23-9-14-28-48(42)58)52-36-40(59(38-18-4-2-5-19-38)39-20-6-3-7-21-39)32-33-46(52)56(55)45-26-12-17-31-51(45)60(53)49-29-15-10-24-43(49)41-22-8-13-27-47(41)57/h2-9,11,13-14,16,18-36H,10,12,15,17H2,1H3. The minimum Gasteiger partial charge on any atom is -0.311 e. The molecule has 0 amide bonds. The molecule has 7 aromatic carbocycles. The first kappa shape index (κ1) is 36.9. The van der Waals surface area contributed by atoms with Gasteiger partial charge in [0.25, 0.3) is 6.71 Å². The van der Waals surface area contributed by atoms with Crippen LogP contribution in [0.3, 0.4) is 0 Å². The molecule has 2 heterocycles. The van der Waals surface area contributed by atoms with E-state index >= 15 is 8.78 Å². The number of allylic oxidation sites excluding steroid dienone is 6. The van der Waals surface area contributed by atoms with Gasteiger partial charge in [0.15, 0.2) is 0 Å². The molecule has 0 atom stereocenters. The zero-order valence-corrected chi connectivity index (χ0v) is 33.9. The fourth-order valence-corrected chi connectivity index (χ4v) is 9.94. The molecule has 0 saturated carbocycles. The largest absolute Gasteiger partial charge is 0.311 e. The van der Waals surface area contributed by atoms with Crippen molar-refractivity contribution in [3.05, 3.63) is 228 Å². The van der Waals surface area contributed by atoms with Crippen LogP contribution in [0.1, 0.15) is 36.8 Å². The molecule has 0 saturated heterocycles. The molecule has 6 heteroatoms. The number of hydrogen-bond donors (Lipinski definition) is 0. The van der Waals surface area contributed by atoms with Gasteiger partial charge in [0, 0.05) is 67.8 Å². The number of anilines is 7. The molecule has 0 bridgehead atoms. The topological polar surface area (TPSA) is 9.72 Å². The van der Waals surface area contributed by atoms with Crippen LogP contribution in [0.2, 0.25) is 0 Å². The van der Waals surface area contributed by atoms with Gasteiger partial charge < -0.3 is 14.7 Å². The van der Waals surface area contributed by atoms with E-state index in [1.54, 1.807) is 18.2 Å². The first-order valence-corrected chi connectivity index (χ1v) is 21.2. The van der Waals surface area contributed by atoms with Crippen LogP contribution in [0.5, 0.6) is 0 Å². The Bertz CT molecular complexity index is 2950. The molecule has 2 aliphatic heterocycles. The SMILES string of the molecule is Cc1cc2c3c(c1)N(c1ccccc1-c1ccccc1F)c1cc(N(c4ccccc4)c4ccccc4)ccc1B3C1=CCCC=C1N2C1=CCCC=C1c1ccccc1F. The van der Waals surface area contributed by atoms with Crippen LogP contribution in [-0.4, -0.2) is 6.71 Å². The number of fused-ring (bicyclic) bond motifs is 4. The monoisotopic (exact) mass is 793 g/mol. The van der Waals surface area contributed by atoms with Crippen LogP contribution < -0.4 is 25.6 Å². The molecule has 61 heavy (non-hydrogen) atoms. The van der Waals surface area contributed by atoms with Gasteiger partial charge in [-0.25, -0.2) is 8.78 Å². The van der Waals surface area contributed by atoms with E-state index in [0.717, 1.165) is 93.6 Å². The zero-order chi connectivity index (χ0) is 41.0. The molecule has 294 valence electrons. The molecule has 11 rings (SSSR count). The Hall–Kier alpha value is -7.18. The fourth-order valence-electron chi connectivity index (χ4n) is 9.94. The second kappa shape index (κ2) is 15.1. The van der Waals surface area contributed by atoms with Crippen molar-refractivity contribution in [1.82, 2.24) is 0 Å². The molecule has 0 aromatic heterocycles. The summed E-state index contributed by atoms with van der Waals surface area (Å²) in [7, 11) is 0. The number of aryl methyl sites for hydroxylation is 1. The number of halogens is 2. The Morgan fingerprint density at radius 3 is 1.70 bits per heavy atom. The van der Waals surface area contributed by atoms with Crippen LogP contribution in [0.25, 0.3) is 16.7 Å². The molecule has 3 nitrogen and oxygen atoms in total. The fraction of sp³-hybridized carbons (Fsp3) is 0.0909. The number of nitrogens with zero attached hydrogens (tertiary/aromatic N) is 3. The summed E-state index contributed by atoms with van der Waals surface area (Å²) in [6, 6.07) is 54.8. The highest BCUT2D eigenvalue weighted by atomic mass is 19.1. The van der Waals surface area contributed by atoms with Crippen molar-refractivity contribution < 1.29 is 8.78 Å². The summed E-state index contributed by atoms with van der Waals surface area (Å²) >= 11 is 0. The molecule has 4 aliphatic rings. The van der Waals surface area contributed by atoms with Gasteiger partial charge in [-0.1, -0.05) is 121 Å². The highest BCUT2D eigenvalue weighted by Gasteiger charge is 2.46. The first-order valence-electron chi connectivity index (χ1n) is 21.2. The number of rotatable bonds is 7. The Morgan fingerprint density at radius 1 is 0.459 bits per heavy atom. The van der Waals surface area contributed by atoms with E-state index in [2.05, 4.69) is 131 Å². The van der Waals surface area contributed by atoms with Crippen LogP contribution in [-0.2, 0) is 0 Å². The lowest BCUT2D eigenvalue weighted by molar-refractivity contribution is 0.623. The van der Waals surface area contributed by atoms with Gasteiger partial charge in [-0.2, -0.15) is 0 Å². The second-order valence-corrected chi connectivity index (χ2v) is 16.2. The Balaban J connectivity index is 1.20. The third-order valence-corrected chi connectivity index (χ3v) is 12.5. The summed E-state index contributed by atoms with van der Waals surface area (Å²) in [4.78, 5) is 7.09. The number of benzene rings is 7. The van der Waals surface area contributed by atoms with E-state index in [-0.39, 0.29) is 18.3 Å². The smallest absolute Gasteiger partial charge is 0.251 e. The maximum atomic E-state index is 16.0. The lowest BCUT2D eigenvalue weighted by atomic mass is 9.32. The Morgan fingerprint density at radius 2 is 1.02 bits per heavy atom. The van der Waals surface area contributed by atoms with Crippen LogP contribution in [0.15, 0.2) is 205 Å². The van der Waals surface area contributed by atoms with Gasteiger partial charge in [0.05, 0.1) is 5.69 Å². The minimum atomic E-state index is -0.269. The van der Waals surface area contributed by atoms with Crippen molar-refractivity contribution in [1.29, 1.82) is 0 Å². The summed E-state index contributed by atoms with van der Waals surface area (Å²) in [5, 5.41) is 0. The van der Waals surface area contributed by atoms with E-state index in [4.69, 9.17) is 0 Å². The predicted octanol–water partition coefficient (Wildman–Crippen LogP) is 13.5. The van der Waals surface area contributed by atoms with Crippen molar-refractivity contribution in [2.75, 3.05) is 14.7 Å². The van der Waals surface area contributed by atoms with E-state index < -0.39 is 0 Å². The quantitative estimate of drug-likeness (QED) is 0.149. The van der Waals surface area contributed by atoms with Gasteiger partial charge in [-0.15, -0.1) is 0 Å². The summed E-state index contributed by atoms with van der Waals surface area (Å²) in [6.45, 7) is 2.08. The van der Waals surface area contributed by atoms with Gasteiger partial charge >= 0.3 is 0 Å². The lowest BCUT2D eigenvalue weighted by Crippen LogP contribution is -2.57. The summed E-state index contributed by atoms with van der Waals surface area (Å²) in [5.74, 6) is -0.494. The Kier molecular flexibility index (Phi) is 9.15. The third-order valence-electron chi connectivity index (χ3n) is 12.5. The van der Waals surface area contributed by atoms with Crippen LogP contribution in [0.4, 0.5) is 48.6 Å². The summed E-state index contributed by atoms with van der Waals surface area (Å²) < 4.78 is 31.7. The average molecular weight is 794 g/mol. The maximum absolute atomic E-state index is 16.0. The van der Waals surface area contributed by atoms with Crippen molar-refractivity contribution in [3.8, 4) is 11.1 Å². The average Bonchev–Trinajstić information content (AvgIpc) is 3.30. The number of hydrogen-bond acceptors (Lipinski definition) is 3. The third kappa shape index (κ3) is 6.16. The molecule has 2 aliphatic carbocycles. The Labute approximate surface area is 356 Å². The van der Waals surface area contributed by atoms with Gasteiger partial charge in [-0.05, 0) is 121 Å². The molecular weight excluding hydrogens is 751 g/mol. The van der Waals surface area contributed by atoms with E-state index in [9.17, 15) is 0 Å². The summed E-state index contributed by atoms with van der Waals surface area (Å²) in [6.07, 6.45) is 12.9. The lowest BCUT2D eigenvalue weighted by Gasteiger charge is -2.48. The van der Waals surface area contributed by atoms with Crippen LogP contribution in [0, 0.1) is 18.6 Å². The molecule has 0 fully saturated rings. The molecule has 0 radical (unpaired) electrons. The van der Waals surface area contributed by atoms with E-state index in [0.29, 0.717) is 11.1 Å². The normalized spacial score (nSPS) is 15.2. The van der Waals surface area contributed by atoms with Gasteiger partial charge in [-0.3, -0.25) is 0 Å². The minimum absolute atomic E-state index is 0.0821. The van der Waals surface area contributed by atoms with Crippen molar-refractivity contribution in [2.24, 2.45) is 0 Å². The molecule has 7 aromatic rings. The van der Waals surface area contributed by atoms with Gasteiger partial charge in [0.2, 0.25) is 0 Å². The van der Waals surface area contributed by atoms with Crippen LogP contribution >= 0.6 is 0 Å². The van der Waals surface area contributed by atoms with E-state index in [1.807, 2.05) is 54.6 Å². The maximum Gasteiger partial charge on any atom is 0.251 e. The highest BCUT2D eigenvalue weighted by Crippen LogP contribution is 2.51. The van der Waals surface area contributed by atoms with Crippen molar-refractivity contribution in [3.63, 3.8) is 0 Å². The van der Waals surface area contributed by atoms with E-state index in [1.165, 1.54) is 22.5 Å². The molecular formula is C55H42BF2N3. The summed E-state index contributed by atoms with van der Waals surface area (Å²) in [5.41, 5.74) is 16.9. The molecule has 0 unspecified atom stereocenters. The molecule has 0 N–H and O–H groups in total. The second-order valence-electron chi connectivity index (χ2n) is 16.2. The van der Waals surface area contributed by atoms with Gasteiger partial charge in [0.1, 0.15) is 11.6 Å². The van der Waals surface area contributed by atoms with Crippen molar-refractivity contribution in [2.45, 2.75) is 32.6 Å². The predicted molar refractivity (Wildman–Crippen MR) is 251 cm³/mol. The van der Waals surface area contributed by atoms with Crippen molar-refractivity contribution >= 4 is 63.0 Å². The first-order chi connectivity index (χ1) is 30.0. The highest BCUT2D eigenvalue weighted by molar-refractivity contribution is 6.96. The zero-order valence-electron chi connectivity index (χ0n) is 33.9. The molecule has 0 spiro atoms. The number of para-hydroxylation sites is 3.